The van der Waals surface area contributed by atoms with Gasteiger partial charge in [0.15, 0.2) is 0 Å². The first-order chi connectivity index (χ1) is 8.67. The van der Waals surface area contributed by atoms with Crippen molar-refractivity contribution in [2.45, 2.75) is 64.2 Å². The first-order valence-electron chi connectivity index (χ1n) is 7.01. The van der Waals surface area contributed by atoms with Gasteiger partial charge in [-0.1, -0.05) is 13.8 Å². The molecule has 0 spiro atoms. The summed E-state index contributed by atoms with van der Waals surface area (Å²) >= 11 is 0. The van der Waals surface area contributed by atoms with E-state index in [9.17, 15) is 5.11 Å². The van der Waals surface area contributed by atoms with Crippen molar-refractivity contribution in [3.8, 4) is 0 Å². The van der Waals surface area contributed by atoms with E-state index in [-0.39, 0.29) is 6.10 Å². The number of hydrogen-bond donors (Lipinski definition) is 1. The summed E-state index contributed by atoms with van der Waals surface area (Å²) in [5, 5.41) is 10.7. The first-order valence-corrected chi connectivity index (χ1v) is 7.01. The van der Waals surface area contributed by atoms with Gasteiger partial charge >= 0.3 is 0 Å². The summed E-state index contributed by atoms with van der Waals surface area (Å²) in [5.74, 6) is 0.996. The largest absolute Gasteiger partial charge is 0.389 e. The van der Waals surface area contributed by atoms with Crippen LogP contribution in [0.5, 0.6) is 0 Å². The third kappa shape index (κ3) is 3.12. The molecule has 2 atom stereocenters. The van der Waals surface area contributed by atoms with Gasteiger partial charge in [-0.15, -0.1) is 0 Å². The second kappa shape index (κ2) is 5.85. The Labute approximate surface area is 109 Å². The Morgan fingerprint density at radius 3 is 3.11 bits per heavy atom. The summed E-state index contributed by atoms with van der Waals surface area (Å²) in [6.45, 7) is 5.89. The Morgan fingerprint density at radius 2 is 2.39 bits per heavy atom. The highest BCUT2D eigenvalue weighted by atomic mass is 16.5. The molecule has 1 aliphatic rings. The number of ether oxygens (including phenoxy) is 1. The molecule has 0 bridgehead atoms. The number of aromatic nitrogens is 2. The average molecular weight is 252 g/mol. The van der Waals surface area contributed by atoms with E-state index in [2.05, 4.69) is 23.4 Å². The molecule has 0 saturated carbocycles. The van der Waals surface area contributed by atoms with Crippen LogP contribution in [0.4, 0.5) is 0 Å². The lowest BCUT2D eigenvalue weighted by Crippen LogP contribution is -2.42. The third-order valence-corrected chi connectivity index (χ3v) is 3.74. The Kier molecular flexibility index (Phi) is 4.40. The van der Waals surface area contributed by atoms with Crippen LogP contribution in [0.1, 0.15) is 45.4 Å². The van der Waals surface area contributed by atoms with E-state index in [4.69, 9.17) is 4.74 Å². The molecular formula is C14H24N2O2. The van der Waals surface area contributed by atoms with Crippen LogP contribution in [-0.4, -0.2) is 33.0 Å². The third-order valence-electron chi connectivity index (χ3n) is 3.74. The predicted molar refractivity (Wildman–Crippen MR) is 70.4 cm³/mol. The molecule has 0 aromatic carbocycles. The molecule has 2 unspecified atom stereocenters. The Balaban J connectivity index is 2.04. The summed E-state index contributed by atoms with van der Waals surface area (Å²) in [6.07, 6.45) is 8.14. The highest BCUT2D eigenvalue weighted by Gasteiger charge is 2.35. The van der Waals surface area contributed by atoms with Crippen molar-refractivity contribution < 1.29 is 9.84 Å². The lowest BCUT2D eigenvalue weighted by atomic mass is 9.86. The second-order valence-corrected chi connectivity index (χ2v) is 5.29. The highest BCUT2D eigenvalue weighted by Crippen LogP contribution is 2.29. The van der Waals surface area contributed by atoms with Crippen molar-refractivity contribution >= 4 is 0 Å². The lowest BCUT2D eigenvalue weighted by molar-refractivity contribution is -0.104. The molecule has 102 valence electrons. The summed E-state index contributed by atoms with van der Waals surface area (Å²) in [6, 6.07) is 0. The molecule has 1 saturated heterocycles. The van der Waals surface area contributed by atoms with Gasteiger partial charge in [0, 0.05) is 44.8 Å². The maximum absolute atomic E-state index is 10.7. The van der Waals surface area contributed by atoms with Crippen molar-refractivity contribution in [2.24, 2.45) is 0 Å². The molecule has 4 nitrogen and oxygen atoms in total. The van der Waals surface area contributed by atoms with E-state index in [1.807, 2.05) is 12.4 Å². The minimum Gasteiger partial charge on any atom is -0.389 e. The first kappa shape index (κ1) is 13.6. The molecule has 1 aromatic rings. The zero-order valence-electron chi connectivity index (χ0n) is 11.4. The van der Waals surface area contributed by atoms with E-state index in [1.54, 1.807) is 0 Å². The van der Waals surface area contributed by atoms with E-state index < -0.39 is 5.60 Å². The summed E-state index contributed by atoms with van der Waals surface area (Å²) < 4.78 is 7.78. The molecule has 4 heteroatoms. The molecule has 1 N–H and O–H groups in total. The van der Waals surface area contributed by atoms with Crippen LogP contribution in [0.25, 0.3) is 0 Å². The van der Waals surface area contributed by atoms with E-state index in [0.29, 0.717) is 19.4 Å². The number of aliphatic hydroxyl groups is 1. The number of hydrogen-bond acceptors (Lipinski definition) is 3. The fourth-order valence-electron chi connectivity index (χ4n) is 2.67. The number of imidazole rings is 1. The van der Waals surface area contributed by atoms with Gasteiger partial charge in [-0.2, -0.15) is 0 Å². The number of nitrogens with zero attached hydrogens (tertiary/aromatic N) is 2. The van der Waals surface area contributed by atoms with Crippen LogP contribution in [0.2, 0.25) is 0 Å². The average Bonchev–Trinajstić information content (AvgIpc) is 2.76. The smallest absolute Gasteiger partial charge is 0.111 e. The van der Waals surface area contributed by atoms with Gasteiger partial charge in [-0.25, -0.2) is 4.98 Å². The topological polar surface area (TPSA) is 47.3 Å². The van der Waals surface area contributed by atoms with Gasteiger partial charge < -0.3 is 14.4 Å². The standard InChI is InChI=1S/C14H24N2O2/c1-3-7-16-8-6-15-13(16)11-14(17)5-9-18-12(4-2)10-14/h6,8,12,17H,3-5,7,9-11H2,1-2H3. The van der Waals surface area contributed by atoms with Crippen LogP contribution < -0.4 is 0 Å². The van der Waals surface area contributed by atoms with Crippen molar-refractivity contribution in [1.29, 1.82) is 0 Å². The van der Waals surface area contributed by atoms with E-state index >= 15 is 0 Å². The van der Waals surface area contributed by atoms with Crippen molar-refractivity contribution in [3.05, 3.63) is 18.2 Å². The summed E-state index contributed by atoms with van der Waals surface area (Å²) in [5.41, 5.74) is -0.643. The minimum atomic E-state index is -0.643. The molecule has 1 fully saturated rings. The van der Waals surface area contributed by atoms with Crippen LogP contribution in [0, 0.1) is 0 Å². The predicted octanol–water partition coefficient (Wildman–Crippen LogP) is 2.16. The fourth-order valence-corrected chi connectivity index (χ4v) is 2.67. The Morgan fingerprint density at radius 1 is 1.56 bits per heavy atom. The zero-order valence-corrected chi connectivity index (χ0v) is 11.4. The quantitative estimate of drug-likeness (QED) is 0.873. The molecule has 1 aromatic heterocycles. The Hall–Kier alpha value is -0.870. The van der Waals surface area contributed by atoms with Crippen molar-refractivity contribution in [2.75, 3.05) is 6.61 Å². The maximum Gasteiger partial charge on any atom is 0.111 e. The number of rotatable bonds is 5. The van der Waals surface area contributed by atoms with E-state index in [1.165, 1.54) is 0 Å². The van der Waals surface area contributed by atoms with Crippen LogP contribution in [0.15, 0.2) is 12.4 Å². The SMILES string of the molecule is CCCn1ccnc1CC1(O)CCOC(CC)C1. The van der Waals surface area contributed by atoms with Gasteiger partial charge in [0.05, 0.1) is 11.7 Å². The van der Waals surface area contributed by atoms with Gasteiger partial charge in [0.2, 0.25) is 0 Å². The second-order valence-electron chi connectivity index (χ2n) is 5.29. The van der Waals surface area contributed by atoms with Gasteiger partial charge in [-0.05, 0) is 12.8 Å². The monoisotopic (exact) mass is 252 g/mol. The molecular weight excluding hydrogens is 228 g/mol. The summed E-state index contributed by atoms with van der Waals surface area (Å²) in [7, 11) is 0. The van der Waals surface area contributed by atoms with Crippen LogP contribution in [-0.2, 0) is 17.7 Å². The number of aryl methyl sites for hydroxylation is 1. The minimum absolute atomic E-state index is 0.193. The molecule has 0 radical (unpaired) electrons. The van der Waals surface area contributed by atoms with Crippen LogP contribution in [0.3, 0.4) is 0 Å². The zero-order chi connectivity index (χ0) is 13.0. The fraction of sp³-hybridized carbons (Fsp3) is 0.786. The Bertz CT molecular complexity index is 378. The molecule has 2 heterocycles. The van der Waals surface area contributed by atoms with Gasteiger partial charge in [-0.3, -0.25) is 0 Å². The van der Waals surface area contributed by atoms with E-state index in [0.717, 1.165) is 31.6 Å². The summed E-state index contributed by atoms with van der Waals surface area (Å²) in [4.78, 5) is 4.39. The van der Waals surface area contributed by atoms with Crippen molar-refractivity contribution in [3.63, 3.8) is 0 Å². The van der Waals surface area contributed by atoms with Crippen LogP contribution >= 0.6 is 0 Å². The molecule has 1 aliphatic heterocycles. The lowest BCUT2D eigenvalue weighted by Gasteiger charge is -2.36. The van der Waals surface area contributed by atoms with Gasteiger partial charge in [0.1, 0.15) is 5.82 Å². The van der Waals surface area contributed by atoms with Crippen molar-refractivity contribution in [1.82, 2.24) is 9.55 Å². The maximum atomic E-state index is 10.7. The molecule has 0 amide bonds. The van der Waals surface area contributed by atoms with Gasteiger partial charge in [0.25, 0.3) is 0 Å². The molecule has 0 aliphatic carbocycles. The molecule has 2 rings (SSSR count). The highest BCUT2D eigenvalue weighted by molar-refractivity contribution is 5.00. The normalized spacial score (nSPS) is 28.5. The molecule has 18 heavy (non-hydrogen) atoms.